The van der Waals surface area contributed by atoms with Gasteiger partial charge in [0.05, 0.1) is 5.56 Å². The lowest BCUT2D eigenvalue weighted by molar-refractivity contribution is 0.0408. The molecule has 144 valence electrons. The highest BCUT2D eigenvalue weighted by atomic mass is 19.3. The average Bonchev–Trinajstić information content (AvgIpc) is 3.59. The molecule has 4 rings (SSSR count). The molecular formula is C19H19F4N3O. The van der Waals surface area contributed by atoms with Crippen molar-refractivity contribution in [2.24, 2.45) is 0 Å². The van der Waals surface area contributed by atoms with Crippen LogP contribution in [-0.2, 0) is 6.80 Å². The molecule has 8 heteroatoms. The minimum atomic E-state index is -3.00. The van der Waals surface area contributed by atoms with Crippen LogP contribution in [0.25, 0.3) is 0 Å². The summed E-state index contributed by atoms with van der Waals surface area (Å²) in [5, 5.41) is 3.63. The second-order valence-electron chi connectivity index (χ2n) is 7.08. The molecule has 1 aromatic heterocycles. The lowest BCUT2D eigenvalue weighted by Gasteiger charge is -2.27. The van der Waals surface area contributed by atoms with Gasteiger partial charge in [-0.15, -0.1) is 0 Å². The van der Waals surface area contributed by atoms with Crippen molar-refractivity contribution in [3.05, 3.63) is 52.8 Å². The van der Waals surface area contributed by atoms with E-state index in [-0.39, 0.29) is 12.0 Å². The monoisotopic (exact) mass is 381 g/mol. The number of carbonyl (C=O) groups is 1. The predicted molar refractivity (Wildman–Crippen MR) is 89.7 cm³/mol. The van der Waals surface area contributed by atoms with Gasteiger partial charge in [-0.1, -0.05) is 24.3 Å². The van der Waals surface area contributed by atoms with Gasteiger partial charge in [0, 0.05) is 17.8 Å². The fraction of sp³-hybridized carbons (Fsp3) is 0.474. The molecule has 0 bridgehead atoms. The van der Waals surface area contributed by atoms with Crippen molar-refractivity contribution in [1.82, 2.24) is 14.7 Å². The summed E-state index contributed by atoms with van der Waals surface area (Å²) in [6.45, 7) is -1.14. The zero-order chi connectivity index (χ0) is 19.1. The summed E-state index contributed by atoms with van der Waals surface area (Å²) < 4.78 is 55.5. The summed E-state index contributed by atoms with van der Waals surface area (Å²) in [6.07, 6.45) is -0.800. The first-order valence-electron chi connectivity index (χ1n) is 8.98. The Morgan fingerprint density at radius 1 is 1.15 bits per heavy atom. The van der Waals surface area contributed by atoms with Crippen molar-refractivity contribution in [2.75, 3.05) is 0 Å². The van der Waals surface area contributed by atoms with Crippen LogP contribution in [0.1, 0.15) is 71.5 Å². The van der Waals surface area contributed by atoms with Gasteiger partial charge >= 0.3 is 0 Å². The highest BCUT2D eigenvalue weighted by Gasteiger charge is 2.42. The van der Waals surface area contributed by atoms with Crippen molar-refractivity contribution in [3.8, 4) is 0 Å². The third-order valence-electron chi connectivity index (χ3n) is 5.04. The van der Waals surface area contributed by atoms with E-state index in [2.05, 4.69) is 5.10 Å². The molecule has 2 aromatic rings. The molecule has 27 heavy (non-hydrogen) atoms. The molecule has 0 saturated heterocycles. The molecule has 2 fully saturated rings. The van der Waals surface area contributed by atoms with Gasteiger partial charge in [-0.2, -0.15) is 5.10 Å². The van der Waals surface area contributed by atoms with Gasteiger partial charge in [-0.05, 0) is 37.2 Å². The maximum Gasteiger partial charge on any atom is 0.277 e. The van der Waals surface area contributed by atoms with Crippen molar-refractivity contribution < 1.29 is 22.4 Å². The molecule has 1 atom stereocenters. The molecule has 0 spiro atoms. The van der Waals surface area contributed by atoms with E-state index < -0.39 is 36.7 Å². The van der Waals surface area contributed by atoms with Crippen LogP contribution in [0.4, 0.5) is 17.6 Å². The predicted octanol–water partition coefficient (Wildman–Crippen LogP) is 4.90. The minimum Gasteiger partial charge on any atom is -0.300 e. The SMILES string of the molecule is O=C(c1nn(CF)cc1C(F)F)N(C1CC1)C(F)c1ccccc1C1CC1. The first-order valence-corrected chi connectivity index (χ1v) is 8.98. The summed E-state index contributed by atoms with van der Waals surface area (Å²) in [5.41, 5.74) is -0.0114. The van der Waals surface area contributed by atoms with E-state index in [4.69, 9.17) is 0 Å². The molecular weight excluding hydrogens is 362 g/mol. The maximum absolute atomic E-state index is 15.5. The lowest BCUT2D eigenvalue weighted by atomic mass is 10.0. The summed E-state index contributed by atoms with van der Waals surface area (Å²) in [6, 6.07) is 6.64. The van der Waals surface area contributed by atoms with Crippen molar-refractivity contribution in [1.29, 1.82) is 0 Å². The number of halogens is 4. The molecule has 0 radical (unpaired) electrons. The average molecular weight is 381 g/mol. The number of rotatable bonds is 7. The van der Waals surface area contributed by atoms with E-state index in [9.17, 15) is 18.0 Å². The molecule has 2 aliphatic rings. The number of alkyl halides is 4. The fourth-order valence-corrected chi connectivity index (χ4v) is 3.40. The smallest absolute Gasteiger partial charge is 0.277 e. The van der Waals surface area contributed by atoms with Crippen LogP contribution in [0.2, 0.25) is 0 Å². The van der Waals surface area contributed by atoms with Gasteiger partial charge in [0.2, 0.25) is 6.30 Å². The van der Waals surface area contributed by atoms with E-state index in [0.29, 0.717) is 23.1 Å². The number of hydrogen-bond acceptors (Lipinski definition) is 2. The standard InChI is InChI=1S/C19H19F4N3O/c20-10-25-9-15(17(21)22)16(24-25)19(27)26(12-7-8-12)18(23)14-4-2-1-3-13(14)11-5-6-11/h1-4,9,11-12,17-18H,5-8,10H2. The highest BCUT2D eigenvalue weighted by molar-refractivity contribution is 5.94. The summed E-state index contributed by atoms with van der Waals surface area (Å²) in [7, 11) is 0. The Kier molecular flexibility index (Phi) is 4.65. The minimum absolute atomic E-state index is 0.276. The number of carbonyl (C=O) groups excluding carboxylic acids is 1. The van der Waals surface area contributed by atoms with Crippen LogP contribution in [0.3, 0.4) is 0 Å². The molecule has 1 aromatic carbocycles. The molecule has 1 heterocycles. The van der Waals surface area contributed by atoms with Crippen molar-refractivity contribution in [3.63, 3.8) is 0 Å². The number of nitrogens with zero attached hydrogens (tertiary/aromatic N) is 3. The second-order valence-corrected chi connectivity index (χ2v) is 7.08. The molecule has 1 amide bonds. The van der Waals surface area contributed by atoms with Gasteiger partial charge in [0.1, 0.15) is 0 Å². The first-order chi connectivity index (χ1) is 13.0. The molecule has 0 N–H and O–H groups in total. The van der Waals surface area contributed by atoms with Gasteiger partial charge in [0.15, 0.2) is 12.5 Å². The largest absolute Gasteiger partial charge is 0.300 e. The highest BCUT2D eigenvalue weighted by Crippen LogP contribution is 2.45. The Balaban J connectivity index is 1.69. The molecule has 4 nitrogen and oxygen atoms in total. The Labute approximate surface area is 153 Å². The van der Waals surface area contributed by atoms with E-state index in [1.54, 1.807) is 12.1 Å². The zero-order valence-electron chi connectivity index (χ0n) is 14.5. The van der Waals surface area contributed by atoms with Crippen LogP contribution in [0.5, 0.6) is 0 Å². The zero-order valence-corrected chi connectivity index (χ0v) is 14.5. The number of benzene rings is 1. The third-order valence-corrected chi connectivity index (χ3v) is 5.04. The van der Waals surface area contributed by atoms with Gasteiger partial charge in [-0.25, -0.2) is 22.2 Å². The summed E-state index contributed by atoms with van der Waals surface area (Å²) >= 11 is 0. The molecule has 1 unspecified atom stereocenters. The molecule has 2 saturated carbocycles. The van der Waals surface area contributed by atoms with Crippen LogP contribution in [-0.4, -0.2) is 26.6 Å². The van der Waals surface area contributed by atoms with Crippen LogP contribution < -0.4 is 0 Å². The van der Waals surface area contributed by atoms with Crippen LogP contribution >= 0.6 is 0 Å². The second kappa shape index (κ2) is 6.98. The van der Waals surface area contributed by atoms with Crippen molar-refractivity contribution >= 4 is 5.91 Å². The van der Waals surface area contributed by atoms with Gasteiger partial charge in [-0.3, -0.25) is 4.79 Å². The normalized spacial score (nSPS) is 18.0. The maximum atomic E-state index is 15.5. The van der Waals surface area contributed by atoms with E-state index in [0.717, 1.165) is 29.5 Å². The molecule has 2 aliphatic carbocycles. The van der Waals surface area contributed by atoms with E-state index in [1.807, 2.05) is 12.1 Å². The quantitative estimate of drug-likeness (QED) is 0.506. The van der Waals surface area contributed by atoms with Crippen LogP contribution in [0, 0.1) is 0 Å². The summed E-state index contributed by atoms with van der Waals surface area (Å²) in [5.74, 6) is -0.643. The Hall–Kier alpha value is -2.38. The summed E-state index contributed by atoms with van der Waals surface area (Å²) in [4.78, 5) is 13.9. The third kappa shape index (κ3) is 3.44. The lowest BCUT2D eigenvalue weighted by Crippen LogP contribution is -2.36. The van der Waals surface area contributed by atoms with Gasteiger partial charge < -0.3 is 4.90 Å². The molecule has 0 aliphatic heterocycles. The Bertz CT molecular complexity index is 845. The van der Waals surface area contributed by atoms with Crippen LogP contribution in [0.15, 0.2) is 30.5 Å². The van der Waals surface area contributed by atoms with E-state index in [1.165, 1.54) is 0 Å². The number of aromatic nitrogens is 2. The fourth-order valence-electron chi connectivity index (χ4n) is 3.40. The number of amides is 1. The Morgan fingerprint density at radius 2 is 1.85 bits per heavy atom. The first kappa shape index (κ1) is 18.0. The number of hydrogen-bond donors (Lipinski definition) is 0. The van der Waals surface area contributed by atoms with E-state index >= 15 is 4.39 Å². The topological polar surface area (TPSA) is 38.1 Å². The van der Waals surface area contributed by atoms with Crippen molar-refractivity contribution in [2.45, 2.75) is 57.2 Å². The Morgan fingerprint density at radius 3 is 2.44 bits per heavy atom. The van der Waals surface area contributed by atoms with Gasteiger partial charge in [0.25, 0.3) is 12.3 Å².